The van der Waals surface area contributed by atoms with Gasteiger partial charge in [-0.3, -0.25) is 9.20 Å². The van der Waals surface area contributed by atoms with Gasteiger partial charge in [0.05, 0.1) is 5.69 Å². The molecule has 2 aromatic heterocycles. The Balaban J connectivity index is 1.29. The molecule has 4 bridgehead atoms. The third-order valence-corrected chi connectivity index (χ3v) is 8.41. The van der Waals surface area contributed by atoms with Crippen molar-refractivity contribution in [3.05, 3.63) is 47.1 Å². The van der Waals surface area contributed by atoms with Gasteiger partial charge in [-0.2, -0.15) is 0 Å². The van der Waals surface area contributed by atoms with Gasteiger partial charge in [0.1, 0.15) is 4.88 Å². The SMILES string of the molecule is Cc1c(C(=O)NC23CC4CC(CC(C4)C2)C3)sc2nc(-c3ccccc3)cn12. The Bertz CT molecular complexity index is 1030. The predicted octanol–water partition coefficient (Wildman–Crippen LogP) is 5.07. The Morgan fingerprint density at radius 3 is 2.36 bits per heavy atom. The number of imidazole rings is 1. The molecule has 144 valence electrons. The van der Waals surface area contributed by atoms with Crippen LogP contribution in [0.25, 0.3) is 16.2 Å². The minimum absolute atomic E-state index is 0.0551. The second-order valence-corrected chi connectivity index (χ2v) is 10.3. The first kappa shape index (κ1) is 16.8. The minimum atomic E-state index is 0.0551. The minimum Gasteiger partial charge on any atom is -0.346 e. The van der Waals surface area contributed by atoms with Crippen LogP contribution in [0.15, 0.2) is 36.5 Å². The summed E-state index contributed by atoms with van der Waals surface area (Å²) in [4.78, 5) is 19.7. The van der Waals surface area contributed by atoms with Gasteiger partial charge in [0.15, 0.2) is 4.96 Å². The van der Waals surface area contributed by atoms with Crippen molar-refractivity contribution in [3.8, 4) is 11.3 Å². The molecule has 0 radical (unpaired) electrons. The highest BCUT2D eigenvalue weighted by Crippen LogP contribution is 2.55. The highest BCUT2D eigenvalue weighted by Gasteiger charge is 2.51. The molecule has 4 nitrogen and oxygen atoms in total. The van der Waals surface area contributed by atoms with Gasteiger partial charge in [-0.15, -0.1) is 0 Å². The maximum atomic E-state index is 13.2. The number of hydrogen-bond acceptors (Lipinski definition) is 3. The summed E-state index contributed by atoms with van der Waals surface area (Å²) in [5.74, 6) is 2.61. The zero-order valence-corrected chi connectivity index (χ0v) is 17.0. The van der Waals surface area contributed by atoms with Crippen LogP contribution in [0.5, 0.6) is 0 Å². The molecule has 4 aliphatic rings. The van der Waals surface area contributed by atoms with Crippen molar-refractivity contribution in [3.63, 3.8) is 0 Å². The predicted molar refractivity (Wildman–Crippen MR) is 112 cm³/mol. The van der Waals surface area contributed by atoms with E-state index in [2.05, 4.69) is 28.0 Å². The van der Waals surface area contributed by atoms with Gasteiger partial charge in [0, 0.05) is 23.0 Å². The molecule has 1 N–H and O–H groups in total. The summed E-state index contributed by atoms with van der Waals surface area (Å²) in [5.41, 5.74) is 3.12. The molecule has 0 spiro atoms. The van der Waals surface area contributed by atoms with Crippen molar-refractivity contribution in [2.24, 2.45) is 17.8 Å². The number of nitrogens with zero attached hydrogens (tertiary/aromatic N) is 2. The van der Waals surface area contributed by atoms with E-state index >= 15 is 0 Å². The zero-order chi connectivity index (χ0) is 18.9. The largest absolute Gasteiger partial charge is 0.346 e. The van der Waals surface area contributed by atoms with Crippen LogP contribution < -0.4 is 5.32 Å². The second kappa shape index (κ2) is 5.93. The molecular formula is C23H25N3OS. The van der Waals surface area contributed by atoms with Gasteiger partial charge in [-0.25, -0.2) is 4.98 Å². The van der Waals surface area contributed by atoms with Crippen molar-refractivity contribution in [2.75, 3.05) is 0 Å². The first-order chi connectivity index (χ1) is 13.6. The Morgan fingerprint density at radius 2 is 1.75 bits per heavy atom. The highest BCUT2D eigenvalue weighted by molar-refractivity contribution is 7.19. The number of nitrogens with one attached hydrogen (secondary N) is 1. The molecule has 1 aromatic carbocycles. The van der Waals surface area contributed by atoms with Gasteiger partial charge in [-0.1, -0.05) is 41.7 Å². The monoisotopic (exact) mass is 391 g/mol. The lowest BCUT2D eigenvalue weighted by atomic mass is 9.53. The van der Waals surface area contributed by atoms with E-state index in [0.29, 0.717) is 0 Å². The van der Waals surface area contributed by atoms with Crippen LogP contribution in [0, 0.1) is 24.7 Å². The summed E-state index contributed by atoms with van der Waals surface area (Å²) in [5, 5.41) is 3.51. The number of rotatable bonds is 3. The molecule has 4 aliphatic carbocycles. The summed E-state index contributed by atoms with van der Waals surface area (Å²) in [6.45, 7) is 2.04. The molecule has 28 heavy (non-hydrogen) atoms. The van der Waals surface area contributed by atoms with Crippen molar-refractivity contribution in [1.29, 1.82) is 0 Å². The fourth-order valence-corrected chi connectivity index (χ4v) is 7.47. The van der Waals surface area contributed by atoms with Gasteiger partial charge in [-0.05, 0) is 63.2 Å². The van der Waals surface area contributed by atoms with Crippen molar-refractivity contribution < 1.29 is 4.79 Å². The van der Waals surface area contributed by atoms with Crippen LogP contribution in [-0.4, -0.2) is 20.8 Å². The quantitative estimate of drug-likeness (QED) is 0.677. The molecule has 7 rings (SSSR count). The summed E-state index contributed by atoms with van der Waals surface area (Å²) < 4.78 is 2.07. The highest BCUT2D eigenvalue weighted by atomic mass is 32.1. The Kier molecular flexibility index (Phi) is 3.55. The lowest BCUT2D eigenvalue weighted by Gasteiger charge is -2.56. The fraction of sp³-hybridized carbons (Fsp3) is 0.478. The van der Waals surface area contributed by atoms with E-state index in [1.807, 2.05) is 25.1 Å². The van der Waals surface area contributed by atoms with E-state index in [0.717, 1.165) is 44.5 Å². The average Bonchev–Trinajstić information content (AvgIpc) is 3.21. The van der Waals surface area contributed by atoms with E-state index in [1.165, 1.54) is 49.9 Å². The summed E-state index contributed by atoms with van der Waals surface area (Å²) in [6.07, 6.45) is 9.78. The van der Waals surface area contributed by atoms with E-state index in [4.69, 9.17) is 4.98 Å². The number of carbonyl (C=O) groups excluding carboxylic acids is 1. The maximum Gasteiger partial charge on any atom is 0.263 e. The number of carbonyl (C=O) groups is 1. The molecule has 0 atom stereocenters. The topological polar surface area (TPSA) is 46.4 Å². The molecule has 0 saturated heterocycles. The third kappa shape index (κ3) is 2.55. The first-order valence-corrected chi connectivity index (χ1v) is 11.3. The summed E-state index contributed by atoms with van der Waals surface area (Å²) in [7, 11) is 0. The molecule has 2 heterocycles. The Hall–Kier alpha value is -2.14. The lowest BCUT2D eigenvalue weighted by Crippen LogP contribution is -2.59. The second-order valence-electron chi connectivity index (χ2n) is 9.31. The number of fused-ring (bicyclic) bond motifs is 1. The molecule has 1 amide bonds. The number of aryl methyl sites for hydroxylation is 1. The summed E-state index contributed by atoms with van der Waals surface area (Å²) >= 11 is 1.52. The molecule has 4 saturated carbocycles. The van der Waals surface area contributed by atoms with Gasteiger partial charge >= 0.3 is 0 Å². The molecule has 0 aliphatic heterocycles. The van der Waals surface area contributed by atoms with Gasteiger partial charge in [0.2, 0.25) is 0 Å². The van der Waals surface area contributed by atoms with E-state index in [1.54, 1.807) is 0 Å². The van der Waals surface area contributed by atoms with Crippen LogP contribution in [0.2, 0.25) is 0 Å². The van der Waals surface area contributed by atoms with E-state index in [9.17, 15) is 4.79 Å². The van der Waals surface area contributed by atoms with Gasteiger partial charge in [0.25, 0.3) is 5.91 Å². The Morgan fingerprint density at radius 1 is 1.11 bits per heavy atom. The Labute approximate surface area is 169 Å². The van der Waals surface area contributed by atoms with Crippen LogP contribution in [0.3, 0.4) is 0 Å². The number of amides is 1. The summed E-state index contributed by atoms with van der Waals surface area (Å²) in [6, 6.07) is 10.2. The first-order valence-electron chi connectivity index (χ1n) is 10.4. The average molecular weight is 392 g/mol. The van der Waals surface area contributed by atoms with Crippen LogP contribution in [0.4, 0.5) is 0 Å². The van der Waals surface area contributed by atoms with Crippen molar-refractivity contribution in [2.45, 2.75) is 51.0 Å². The number of hydrogen-bond donors (Lipinski definition) is 1. The van der Waals surface area contributed by atoms with Crippen molar-refractivity contribution in [1.82, 2.24) is 14.7 Å². The normalized spacial score (nSPS) is 30.8. The lowest BCUT2D eigenvalue weighted by molar-refractivity contribution is -0.0166. The van der Waals surface area contributed by atoms with Crippen molar-refractivity contribution >= 4 is 22.2 Å². The number of thiazole rings is 1. The van der Waals surface area contributed by atoms with E-state index < -0.39 is 0 Å². The number of aromatic nitrogens is 2. The zero-order valence-electron chi connectivity index (χ0n) is 16.1. The number of benzene rings is 1. The van der Waals surface area contributed by atoms with Gasteiger partial charge < -0.3 is 5.32 Å². The molecule has 4 fully saturated rings. The third-order valence-electron chi connectivity index (χ3n) is 7.25. The van der Waals surface area contributed by atoms with E-state index in [-0.39, 0.29) is 11.4 Å². The fourth-order valence-electron chi connectivity index (χ4n) is 6.47. The smallest absolute Gasteiger partial charge is 0.263 e. The van der Waals surface area contributed by atoms with Crippen LogP contribution in [0.1, 0.15) is 53.9 Å². The molecule has 0 unspecified atom stereocenters. The maximum absolute atomic E-state index is 13.2. The molecular weight excluding hydrogens is 366 g/mol. The molecule has 3 aromatic rings. The molecule has 5 heteroatoms. The van der Waals surface area contributed by atoms with Crippen LogP contribution in [-0.2, 0) is 0 Å². The van der Waals surface area contributed by atoms with Crippen LogP contribution >= 0.6 is 11.3 Å². The standard InChI is InChI=1S/C23H25N3OS/c1-14-20(28-22-24-19(13-26(14)22)18-5-3-2-4-6-18)21(27)25-23-10-15-7-16(11-23)9-17(8-15)12-23/h2-6,13,15-17H,7-12H2,1H3,(H,25,27).